The van der Waals surface area contributed by atoms with E-state index in [1.807, 2.05) is 19.0 Å². The van der Waals surface area contributed by atoms with Gasteiger partial charge < -0.3 is 10.2 Å². The lowest BCUT2D eigenvalue weighted by molar-refractivity contribution is 0.0942. The van der Waals surface area contributed by atoms with Gasteiger partial charge in [-0.3, -0.25) is 4.79 Å². The van der Waals surface area contributed by atoms with Crippen molar-refractivity contribution in [1.82, 2.24) is 14.5 Å². The van der Waals surface area contributed by atoms with E-state index >= 15 is 0 Å². The van der Waals surface area contributed by atoms with Crippen LogP contribution in [0.1, 0.15) is 22.0 Å². The normalized spacial score (nSPS) is 13.0. The van der Waals surface area contributed by atoms with Gasteiger partial charge in [-0.05, 0) is 50.0 Å². The molecule has 152 valence electrons. The van der Waals surface area contributed by atoms with Crippen molar-refractivity contribution in [3.63, 3.8) is 0 Å². The molecule has 28 heavy (non-hydrogen) atoms. The van der Waals surface area contributed by atoms with Crippen LogP contribution in [0.5, 0.6) is 0 Å². The summed E-state index contributed by atoms with van der Waals surface area (Å²) in [5.41, 5.74) is 0.765. The van der Waals surface area contributed by atoms with E-state index in [1.54, 1.807) is 12.1 Å². The van der Waals surface area contributed by atoms with Crippen LogP contribution in [0.4, 0.5) is 4.39 Å². The van der Waals surface area contributed by atoms with Crippen LogP contribution < -0.4 is 5.32 Å². The molecule has 2 rings (SSSR count). The molecule has 0 aliphatic heterocycles. The lowest BCUT2D eigenvalue weighted by Crippen LogP contribution is -2.34. The number of benzene rings is 2. The number of carbonyl (C=O) groups is 1. The molecule has 1 N–H and O–H groups in total. The van der Waals surface area contributed by atoms with E-state index in [2.05, 4.69) is 5.32 Å². The monoisotopic (exact) mass is 427 g/mol. The highest BCUT2D eigenvalue weighted by atomic mass is 35.5. The Morgan fingerprint density at radius 2 is 1.82 bits per heavy atom. The lowest BCUT2D eigenvalue weighted by atomic mass is 10.1. The topological polar surface area (TPSA) is 69.7 Å². The number of carbonyl (C=O) groups excluding carboxylic acids is 1. The van der Waals surface area contributed by atoms with Gasteiger partial charge in [0.1, 0.15) is 5.82 Å². The van der Waals surface area contributed by atoms with Crippen molar-refractivity contribution in [2.45, 2.75) is 10.9 Å². The molecule has 2 aromatic carbocycles. The van der Waals surface area contributed by atoms with E-state index in [-0.39, 0.29) is 33.9 Å². The van der Waals surface area contributed by atoms with Crippen LogP contribution in [0.2, 0.25) is 5.02 Å². The second-order valence-corrected chi connectivity index (χ2v) is 9.23. The fourth-order valence-electron chi connectivity index (χ4n) is 2.65. The molecular weight excluding hydrogens is 405 g/mol. The molecule has 0 aliphatic rings. The summed E-state index contributed by atoms with van der Waals surface area (Å²) < 4.78 is 39.2. The van der Waals surface area contributed by atoms with E-state index in [9.17, 15) is 17.6 Å². The van der Waals surface area contributed by atoms with Crippen molar-refractivity contribution in [2.75, 3.05) is 34.7 Å². The molecule has 2 aromatic rings. The average Bonchev–Trinajstić information content (AvgIpc) is 2.61. The van der Waals surface area contributed by atoms with Crippen molar-refractivity contribution >= 4 is 27.5 Å². The maximum Gasteiger partial charge on any atom is 0.252 e. The van der Waals surface area contributed by atoms with Crippen LogP contribution in [0, 0.1) is 5.82 Å². The van der Waals surface area contributed by atoms with E-state index in [4.69, 9.17) is 11.6 Å². The Morgan fingerprint density at radius 3 is 2.39 bits per heavy atom. The third kappa shape index (κ3) is 5.08. The fraction of sp³-hybridized carbons (Fsp3) is 0.316. The zero-order valence-electron chi connectivity index (χ0n) is 16.1. The number of halogens is 2. The largest absolute Gasteiger partial charge is 0.350 e. The Balaban J connectivity index is 2.24. The summed E-state index contributed by atoms with van der Waals surface area (Å²) in [6, 6.07) is 9.85. The molecule has 0 spiro atoms. The number of hydrogen-bond acceptors (Lipinski definition) is 4. The SMILES string of the molecule is CN(C)[C@H](CNC(=O)c1cc(S(=O)(=O)N(C)C)ccc1Cl)c1cccc(F)c1. The number of hydrogen-bond donors (Lipinski definition) is 1. The molecule has 9 heteroatoms. The molecule has 0 radical (unpaired) electrons. The van der Waals surface area contributed by atoms with Gasteiger partial charge in [-0.1, -0.05) is 23.7 Å². The van der Waals surface area contributed by atoms with E-state index in [0.717, 1.165) is 4.31 Å². The maximum atomic E-state index is 13.5. The fourth-order valence-corrected chi connectivity index (χ4v) is 3.78. The summed E-state index contributed by atoms with van der Waals surface area (Å²) >= 11 is 6.11. The number of nitrogens with zero attached hydrogens (tertiary/aromatic N) is 2. The number of likely N-dealkylation sites (N-methyl/N-ethyl adjacent to an activating group) is 1. The van der Waals surface area contributed by atoms with Crippen molar-refractivity contribution < 1.29 is 17.6 Å². The zero-order valence-corrected chi connectivity index (χ0v) is 17.7. The van der Waals surface area contributed by atoms with E-state index in [0.29, 0.717) is 5.56 Å². The highest BCUT2D eigenvalue weighted by Crippen LogP contribution is 2.23. The highest BCUT2D eigenvalue weighted by molar-refractivity contribution is 7.89. The summed E-state index contributed by atoms with van der Waals surface area (Å²) in [6.45, 7) is 0.191. The molecule has 0 unspecified atom stereocenters. The summed E-state index contributed by atoms with van der Waals surface area (Å²) in [4.78, 5) is 14.5. The Bertz CT molecular complexity index is 965. The minimum Gasteiger partial charge on any atom is -0.350 e. The molecule has 0 aliphatic carbocycles. The number of nitrogens with one attached hydrogen (secondary N) is 1. The van der Waals surface area contributed by atoms with Crippen LogP contribution in [0.15, 0.2) is 47.4 Å². The zero-order chi connectivity index (χ0) is 21.1. The molecule has 1 atom stereocenters. The van der Waals surface area contributed by atoms with Crippen molar-refractivity contribution in [2.24, 2.45) is 0 Å². The number of rotatable bonds is 7. The molecular formula is C19H23ClFN3O3S. The van der Waals surface area contributed by atoms with Crippen LogP contribution in [-0.4, -0.2) is 58.3 Å². The summed E-state index contributed by atoms with van der Waals surface area (Å²) in [7, 11) is 2.75. The van der Waals surface area contributed by atoms with Gasteiger partial charge in [0.15, 0.2) is 0 Å². The number of sulfonamides is 1. The van der Waals surface area contributed by atoms with E-state index < -0.39 is 15.9 Å². The first kappa shape index (κ1) is 22.3. The van der Waals surface area contributed by atoms with Crippen molar-refractivity contribution in [1.29, 1.82) is 0 Å². The maximum absolute atomic E-state index is 13.5. The third-order valence-electron chi connectivity index (χ3n) is 4.27. The first-order valence-electron chi connectivity index (χ1n) is 8.46. The van der Waals surface area contributed by atoms with Gasteiger partial charge in [0.05, 0.1) is 21.5 Å². The molecule has 6 nitrogen and oxygen atoms in total. The van der Waals surface area contributed by atoms with Gasteiger partial charge in [-0.15, -0.1) is 0 Å². The average molecular weight is 428 g/mol. The molecule has 0 bridgehead atoms. The first-order valence-corrected chi connectivity index (χ1v) is 10.3. The quantitative estimate of drug-likeness (QED) is 0.737. The molecule has 0 aromatic heterocycles. The van der Waals surface area contributed by atoms with Crippen LogP contribution >= 0.6 is 11.6 Å². The minimum absolute atomic E-state index is 0.0265. The lowest BCUT2D eigenvalue weighted by Gasteiger charge is -2.25. The Labute approximate surface area is 170 Å². The van der Waals surface area contributed by atoms with Gasteiger partial charge in [-0.25, -0.2) is 17.1 Å². The van der Waals surface area contributed by atoms with Gasteiger partial charge in [-0.2, -0.15) is 0 Å². The predicted octanol–water partition coefficient (Wildman–Crippen LogP) is 2.76. The molecule has 0 heterocycles. The Kier molecular flexibility index (Phi) is 7.16. The minimum atomic E-state index is -3.70. The summed E-state index contributed by atoms with van der Waals surface area (Å²) in [5.74, 6) is -0.871. The van der Waals surface area contributed by atoms with Crippen LogP contribution in [0.25, 0.3) is 0 Å². The highest BCUT2D eigenvalue weighted by Gasteiger charge is 2.22. The van der Waals surface area contributed by atoms with Crippen LogP contribution in [-0.2, 0) is 10.0 Å². The van der Waals surface area contributed by atoms with Crippen molar-refractivity contribution in [3.05, 3.63) is 64.4 Å². The Morgan fingerprint density at radius 1 is 1.14 bits per heavy atom. The smallest absolute Gasteiger partial charge is 0.252 e. The third-order valence-corrected chi connectivity index (χ3v) is 6.41. The van der Waals surface area contributed by atoms with Crippen LogP contribution in [0.3, 0.4) is 0 Å². The standard InChI is InChI=1S/C19H23ClFN3O3S/c1-23(2)18(13-6-5-7-14(21)10-13)12-22-19(25)16-11-15(8-9-17(16)20)28(26,27)24(3)4/h5-11,18H,12H2,1-4H3,(H,22,25)/t18-/m1/s1. The molecule has 0 saturated heterocycles. The molecule has 0 fully saturated rings. The van der Waals surface area contributed by atoms with E-state index in [1.165, 1.54) is 44.4 Å². The van der Waals surface area contributed by atoms with Gasteiger partial charge in [0.25, 0.3) is 5.91 Å². The van der Waals surface area contributed by atoms with Gasteiger partial charge in [0, 0.05) is 20.6 Å². The van der Waals surface area contributed by atoms with Gasteiger partial charge in [0.2, 0.25) is 10.0 Å². The second kappa shape index (κ2) is 9.00. The number of amides is 1. The van der Waals surface area contributed by atoms with Crippen molar-refractivity contribution in [3.8, 4) is 0 Å². The second-order valence-electron chi connectivity index (χ2n) is 6.67. The first-order chi connectivity index (χ1) is 13.0. The Hall–Kier alpha value is -2.00. The van der Waals surface area contributed by atoms with Gasteiger partial charge >= 0.3 is 0 Å². The summed E-state index contributed by atoms with van der Waals surface area (Å²) in [5, 5.41) is 2.89. The predicted molar refractivity (Wildman–Crippen MR) is 107 cm³/mol. The molecule has 1 amide bonds. The summed E-state index contributed by atoms with van der Waals surface area (Å²) in [6.07, 6.45) is 0. The molecule has 0 saturated carbocycles.